The predicted molar refractivity (Wildman–Crippen MR) is 78.8 cm³/mol. The van der Waals surface area contributed by atoms with E-state index in [1.54, 1.807) is 0 Å². The Morgan fingerprint density at radius 1 is 1.50 bits per heavy atom. The maximum Gasteiger partial charge on any atom is 0.236 e. The van der Waals surface area contributed by atoms with Crippen LogP contribution in [0.5, 0.6) is 5.75 Å². The number of amides is 1. The van der Waals surface area contributed by atoms with Gasteiger partial charge in [-0.15, -0.1) is 5.70 Å². The quantitative estimate of drug-likeness (QED) is 0.404. The molecule has 0 N–H and O–H groups in total. The van der Waals surface area contributed by atoms with Crippen LogP contribution >= 0.6 is 15.9 Å². The summed E-state index contributed by atoms with van der Waals surface area (Å²) in [4.78, 5) is 12.6. The van der Waals surface area contributed by atoms with Gasteiger partial charge in [0, 0.05) is 39.8 Å². The number of carbonyl (C=O) groups excluding carboxylic acids is 1. The summed E-state index contributed by atoms with van der Waals surface area (Å²) in [6.45, 7) is 3.61. The Kier molecular flexibility index (Phi) is 7.36. The van der Waals surface area contributed by atoms with Gasteiger partial charge in [-0.25, -0.2) is 14.9 Å². The van der Waals surface area contributed by atoms with E-state index >= 15 is 0 Å². The maximum absolute atomic E-state index is 14.2. The van der Waals surface area contributed by atoms with Gasteiger partial charge < -0.3 is 9.64 Å². The normalized spacial score (nSPS) is 17.6. The molecule has 7 heteroatoms. The number of benzene rings is 1. The Balaban J connectivity index is 0.00000242. The maximum atomic E-state index is 14.2. The Bertz CT molecular complexity index is 599. The zero-order valence-electron chi connectivity index (χ0n) is 11.9. The number of nitrogens with zero attached hydrogens (tertiary/aromatic N) is 1. The summed E-state index contributed by atoms with van der Waals surface area (Å²) in [7, 11) is 1.46. The minimum Gasteiger partial charge on any atom is -0.489 e. The van der Waals surface area contributed by atoms with Gasteiger partial charge in [-0.05, 0) is 12.1 Å². The molecule has 1 aromatic rings. The largest absolute Gasteiger partial charge is 0.489 e. The second-order valence-corrected chi connectivity index (χ2v) is 5.56. The summed E-state index contributed by atoms with van der Waals surface area (Å²) in [6.07, 6.45) is 4.58. The Hall–Kier alpha value is -0.586. The number of hydrogen-bond acceptors (Lipinski definition) is 2. The first-order valence-electron chi connectivity index (χ1n) is 6.21. The summed E-state index contributed by atoms with van der Waals surface area (Å²) in [5, 5.41) is 0. The first-order chi connectivity index (χ1) is 9.95. The third kappa shape index (κ3) is 4.03. The van der Waals surface area contributed by atoms with E-state index in [0.717, 1.165) is 12.1 Å². The SMILES string of the molecule is C=CCOc1cc(F)c(C2=[C-]CC(Br)C(=O)N2C)c(F)c1.[Y]. The topological polar surface area (TPSA) is 29.5 Å². The average Bonchev–Trinajstić information content (AvgIpc) is 2.44. The van der Waals surface area contributed by atoms with Crippen LogP contribution in [-0.2, 0) is 37.5 Å². The van der Waals surface area contributed by atoms with E-state index < -0.39 is 16.5 Å². The minimum absolute atomic E-state index is 0. The molecule has 0 spiro atoms. The van der Waals surface area contributed by atoms with Crippen LogP contribution < -0.4 is 4.74 Å². The van der Waals surface area contributed by atoms with Crippen LogP contribution in [0.4, 0.5) is 8.78 Å². The molecule has 1 heterocycles. The van der Waals surface area contributed by atoms with Crippen LogP contribution in [0.2, 0.25) is 0 Å². The molecule has 0 aliphatic carbocycles. The van der Waals surface area contributed by atoms with Crippen molar-refractivity contribution >= 4 is 27.5 Å². The fourth-order valence-corrected chi connectivity index (χ4v) is 2.45. The third-order valence-corrected chi connectivity index (χ3v) is 3.72. The molecule has 1 unspecified atom stereocenters. The number of ether oxygens (including phenoxy) is 1. The van der Waals surface area contributed by atoms with Gasteiger partial charge in [-0.3, -0.25) is 4.79 Å². The van der Waals surface area contributed by atoms with E-state index in [1.807, 2.05) is 0 Å². The van der Waals surface area contributed by atoms with E-state index in [2.05, 4.69) is 28.6 Å². The van der Waals surface area contributed by atoms with Crippen molar-refractivity contribution in [3.05, 3.63) is 48.1 Å². The summed E-state index contributed by atoms with van der Waals surface area (Å²) in [6, 6.07) is 2.16. The standard InChI is InChI=1S/C15H13BrF2NO2.Y/c1-3-6-21-9-7-11(17)14(12(18)8-9)13-5-4-10(16)15(20)19(13)2;/h3,7-8,10H,1,4,6H2,2H3;/q-1;. The molecule has 3 nitrogen and oxygen atoms in total. The van der Waals surface area contributed by atoms with Crippen LogP contribution in [0.1, 0.15) is 12.0 Å². The molecule has 0 fully saturated rings. The fourth-order valence-electron chi connectivity index (χ4n) is 1.98. The van der Waals surface area contributed by atoms with Crippen LogP contribution in [0.25, 0.3) is 5.70 Å². The Morgan fingerprint density at radius 2 is 2.09 bits per heavy atom. The van der Waals surface area contributed by atoms with E-state index in [1.165, 1.54) is 18.0 Å². The van der Waals surface area contributed by atoms with Gasteiger partial charge >= 0.3 is 0 Å². The van der Waals surface area contributed by atoms with Gasteiger partial charge in [0.25, 0.3) is 0 Å². The number of alkyl halides is 1. The molecule has 1 atom stereocenters. The molecule has 2 rings (SSSR count). The number of allylic oxidation sites excluding steroid dienone is 1. The van der Waals surface area contributed by atoms with Crippen LogP contribution in [0.15, 0.2) is 24.8 Å². The van der Waals surface area contributed by atoms with Crippen molar-refractivity contribution in [2.75, 3.05) is 13.7 Å². The molecule has 1 aliphatic rings. The molecular weight excluding hydrogens is 433 g/mol. The van der Waals surface area contributed by atoms with Crippen molar-refractivity contribution < 1.29 is 51.0 Å². The average molecular weight is 446 g/mol. The van der Waals surface area contributed by atoms with Crippen molar-refractivity contribution in [1.29, 1.82) is 0 Å². The van der Waals surface area contributed by atoms with Gasteiger partial charge in [-0.1, -0.05) is 40.6 Å². The molecule has 1 aromatic carbocycles. The summed E-state index contributed by atoms with van der Waals surface area (Å²) < 4.78 is 33.4. The molecule has 115 valence electrons. The van der Waals surface area contributed by atoms with Crippen molar-refractivity contribution in [3.8, 4) is 5.75 Å². The molecule has 1 amide bonds. The predicted octanol–water partition coefficient (Wildman–Crippen LogP) is 3.30. The summed E-state index contributed by atoms with van der Waals surface area (Å²) in [5.41, 5.74) is -0.183. The van der Waals surface area contributed by atoms with Gasteiger partial charge in [0.15, 0.2) is 0 Å². The van der Waals surface area contributed by atoms with Crippen LogP contribution in [-0.4, -0.2) is 29.3 Å². The van der Waals surface area contributed by atoms with E-state index in [4.69, 9.17) is 4.74 Å². The zero-order chi connectivity index (χ0) is 15.6. The molecule has 1 aliphatic heterocycles. The number of rotatable bonds is 4. The molecule has 1 radical (unpaired) electrons. The minimum atomic E-state index is -0.802. The third-order valence-electron chi connectivity index (χ3n) is 3.00. The Morgan fingerprint density at radius 3 is 2.64 bits per heavy atom. The van der Waals surface area contributed by atoms with Crippen LogP contribution in [0.3, 0.4) is 0 Å². The van der Waals surface area contributed by atoms with E-state index in [0.29, 0.717) is 0 Å². The van der Waals surface area contributed by atoms with Crippen molar-refractivity contribution in [2.45, 2.75) is 11.2 Å². The summed E-state index contributed by atoms with van der Waals surface area (Å²) in [5.74, 6) is -1.81. The second-order valence-electron chi connectivity index (χ2n) is 4.46. The number of halogens is 3. The van der Waals surface area contributed by atoms with Gasteiger partial charge in [0.05, 0.1) is 16.5 Å². The van der Waals surface area contributed by atoms with Gasteiger partial charge in [-0.2, -0.15) is 0 Å². The number of hydrogen-bond donors (Lipinski definition) is 0. The first kappa shape index (κ1) is 19.5. The first-order valence-corrected chi connectivity index (χ1v) is 7.12. The monoisotopic (exact) mass is 445 g/mol. The van der Waals surface area contributed by atoms with Crippen molar-refractivity contribution in [1.82, 2.24) is 4.90 Å². The van der Waals surface area contributed by atoms with Crippen LogP contribution in [0, 0.1) is 17.7 Å². The second kappa shape index (κ2) is 8.32. The summed E-state index contributed by atoms with van der Waals surface area (Å²) >= 11 is 3.19. The molecular formula is C15H13BrF2NO2Y-. The molecule has 0 bridgehead atoms. The van der Waals surface area contributed by atoms with E-state index in [-0.39, 0.29) is 68.7 Å². The van der Waals surface area contributed by atoms with E-state index in [9.17, 15) is 13.6 Å². The molecule has 0 aromatic heterocycles. The van der Waals surface area contributed by atoms with Gasteiger partial charge in [0.2, 0.25) is 5.91 Å². The fraction of sp³-hybridized carbons (Fsp3) is 0.267. The Labute approximate surface area is 161 Å². The van der Waals surface area contributed by atoms with Crippen molar-refractivity contribution in [2.24, 2.45) is 0 Å². The molecule has 0 saturated heterocycles. The van der Waals surface area contributed by atoms with Crippen molar-refractivity contribution in [3.63, 3.8) is 0 Å². The van der Waals surface area contributed by atoms with Gasteiger partial charge in [0.1, 0.15) is 12.4 Å². The number of carbonyl (C=O) groups is 1. The molecule has 22 heavy (non-hydrogen) atoms. The zero-order valence-corrected chi connectivity index (χ0v) is 16.3. The molecule has 0 saturated carbocycles. The smallest absolute Gasteiger partial charge is 0.236 e.